The molecule has 0 amide bonds. The number of carbonyl (C=O) groups excluding carboxylic acids is 1. The summed E-state index contributed by atoms with van der Waals surface area (Å²) in [4.78, 5) is 11.7. The molecule has 0 saturated heterocycles. The lowest BCUT2D eigenvalue weighted by Crippen LogP contribution is -2.22. The third-order valence-electron chi connectivity index (χ3n) is 2.82. The highest BCUT2D eigenvalue weighted by molar-refractivity contribution is 5.76. The van der Waals surface area contributed by atoms with Crippen LogP contribution in [0.25, 0.3) is 0 Å². The van der Waals surface area contributed by atoms with Crippen LogP contribution in [-0.4, -0.2) is 17.2 Å². The maximum Gasteiger partial charge on any atom is 0.340 e. The van der Waals surface area contributed by atoms with E-state index in [4.69, 9.17) is 4.74 Å². The van der Waals surface area contributed by atoms with Crippen LogP contribution in [-0.2, 0) is 9.53 Å². The normalized spacial score (nSPS) is 20.9. The zero-order chi connectivity index (χ0) is 12.1. The molecule has 2 rings (SSSR count). The smallest absolute Gasteiger partial charge is 0.340 e. The second-order valence-corrected chi connectivity index (χ2v) is 4.15. The molecule has 0 unspecified atom stereocenters. The summed E-state index contributed by atoms with van der Waals surface area (Å²) < 4.78 is 5.23. The highest BCUT2D eigenvalue weighted by Crippen LogP contribution is 2.18. The summed E-state index contributed by atoms with van der Waals surface area (Å²) in [6.07, 6.45) is 5.42. The molecule has 1 aromatic carbocycles. The number of allylic oxidation sites excluding steroid dienone is 1. The molecule has 3 heteroatoms. The Balaban J connectivity index is 1.95. The van der Waals surface area contributed by atoms with Crippen LogP contribution < -0.4 is 0 Å². The van der Waals surface area contributed by atoms with Crippen molar-refractivity contribution in [1.82, 2.24) is 0 Å². The molecule has 0 bridgehead atoms. The quantitative estimate of drug-likeness (QED) is 0.643. The topological polar surface area (TPSA) is 46.5 Å². The summed E-state index contributed by atoms with van der Waals surface area (Å²) in [6.45, 7) is 0. The Labute approximate surface area is 101 Å². The average Bonchev–Trinajstić information content (AvgIpc) is 2.40. The zero-order valence-corrected chi connectivity index (χ0v) is 9.58. The number of esters is 1. The van der Waals surface area contributed by atoms with E-state index >= 15 is 0 Å². The van der Waals surface area contributed by atoms with E-state index in [9.17, 15) is 9.90 Å². The maximum absolute atomic E-state index is 11.7. The molecule has 0 radical (unpaired) electrons. The number of hydrogen-bond donors (Lipinski definition) is 1. The molecule has 0 spiro atoms. The van der Waals surface area contributed by atoms with Gasteiger partial charge in [-0.25, -0.2) is 4.79 Å². The standard InChI is InChI=1S/C14H16O3/c15-13(11-7-3-1-4-8-11)14(16)17-12-9-5-2-6-10-12/h1,3-5,7-9,12-13,15H,2,6,10H2/t12-,13+/m1/s1. The van der Waals surface area contributed by atoms with Crippen molar-refractivity contribution >= 4 is 5.97 Å². The number of aliphatic hydroxyl groups is 1. The van der Waals surface area contributed by atoms with Crippen molar-refractivity contribution in [2.24, 2.45) is 0 Å². The van der Waals surface area contributed by atoms with E-state index < -0.39 is 12.1 Å². The molecular formula is C14H16O3. The molecule has 17 heavy (non-hydrogen) atoms. The molecule has 1 aliphatic carbocycles. The first-order valence-electron chi connectivity index (χ1n) is 5.87. The highest BCUT2D eigenvalue weighted by Gasteiger charge is 2.22. The van der Waals surface area contributed by atoms with Crippen LogP contribution in [0.15, 0.2) is 42.5 Å². The van der Waals surface area contributed by atoms with Gasteiger partial charge in [0.15, 0.2) is 6.10 Å². The summed E-state index contributed by atoms with van der Waals surface area (Å²) in [5.74, 6) is -0.576. The van der Waals surface area contributed by atoms with Crippen LogP contribution in [0.3, 0.4) is 0 Å². The number of carbonyl (C=O) groups is 1. The number of rotatable bonds is 3. The van der Waals surface area contributed by atoms with Crippen molar-refractivity contribution in [3.8, 4) is 0 Å². The lowest BCUT2D eigenvalue weighted by atomic mass is 10.1. The monoisotopic (exact) mass is 232 g/mol. The zero-order valence-electron chi connectivity index (χ0n) is 9.58. The molecule has 1 N–H and O–H groups in total. The van der Waals surface area contributed by atoms with Gasteiger partial charge in [-0.1, -0.05) is 36.4 Å². The maximum atomic E-state index is 11.7. The lowest BCUT2D eigenvalue weighted by Gasteiger charge is -2.19. The molecule has 1 aromatic rings. The van der Waals surface area contributed by atoms with Gasteiger partial charge < -0.3 is 9.84 Å². The molecule has 90 valence electrons. The van der Waals surface area contributed by atoms with Gasteiger partial charge in [-0.2, -0.15) is 0 Å². The first-order valence-corrected chi connectivity index (χ1v) is 5.87. The Morgan fingerprint density at radius 2 is 2.12 bits per heavy atom. The number of benzene rings is 1. The Morgan fingerprint density at radius 3 is 2.76 bits per heavy atom. The van der Waals surface area contributed by atoms with Gasteiger partial charge in [-0.3, -0.25) is 0 Å². The van der Waals surface area contributed by atoms with Crippen LogP contribution in [0.5, 0.6) is 0 Å². The second kappa shape index (κ2) is 5.64. The molecule has 1 aliphatic rings. The minimum absolute atomic E-state index is 0.186. The van der Waals surface area contributed by atoms with Gasteiger partial charge in [0.25, 0.3) is 0 Å². The summed E-state index contributed by atoms with van der Waals surface area (Å²) in [5.41, 5.74) is 0.567. The van der Waals surface area contributed by atoms with E-state index in [0.717, 1.165) is 19.3 Å². The van der Waals surface area contributed by atoms with Crippen molar-refractivity contribution in [2.75, 3.05) is 0 Å². The molecular weight excluding hydrogens is 216 g/mol. The van der Waals surface area contributed by atoms with E-state index in [-0.39, 0.29) is 6.10 Å². The fourth-order valence-electron chi connectivity index (χ4n) is 1.86. The second-order valence-electron chi connectivity index (χ2n) is 4.15. The summed E-state index contributed by atoms with van der Waals surface area (Å²) in [7, 11) is 0. The molecule has 0 aliphatic heterocycles. The minimum atomic E-state index is -1.19. The summed E-state index contributed by atoms with van der Waals surface area (Å²) in [6, 6.07) is 8.83. The predicted octanol–water partition coefficient (Wildman–Crippen LogP) is 2.37. The van der Waals surface area contributed by atoms with Crippen LogP contribution in [0, 0.1) is 0 Å². The lowest BCUT2D eigenvalue weighted by molar-refractivity contribution is -0.157. The highest BCUT2D eigenvalue weighted by atomic mass is 16.6. The summed E-state index contributed by atoms with van der Waals surface area (Å²) in [5, 5.41) is 9.82. The Morgan fingerprint density at radius 1 is 1.35 bits per heavy atom. The average molecular weight is 232 g/mol. The van der Waals surface area contributed by atoms with Crippen molar-refractivity contribution in [2.45, 2.75) is 31.5 Å². The van der Waals surface area contributed by atoms with Crippen molar-refractivity contribution in [3.05, 3.63) is 48.0 Å². The molecule has 3 nitrogen and oxygen atoms in total. The SMILES string of the molecule is O=C(O[C@@H]1C=CCCC1)[C@@H](O)c1ccccc1. The first kappa shape index (κ1) is 11.9. The third kappa shape index (κ3) is 3.17. The van der Waals surface area contributed by atoms with E-state index in [0.29, 0.717) is 5.56 Å². The Hall–Kier alpha value is -1.61. The predicted molar refractivity (Wildman–Crippen MR) is 64.3 cm³/mol. The van der Waals surface area contributed by atoms with Gasteiger partial charge in [-0.05, 0) is 30.9 Å². The van der Waals surface area contributed by atoms with Crippen LogP contribution >= 0.6 is 0 Å². The Bertz CT molecular complexity index is 397. The van der Waals surface area contributed by atoms with Gasteiger partial charge in [0, 0.05) is 0 Å². The van der Waals surface area contributed by atoms with Crippen LogP contribution in [0.1, 0.15) is 30.9 Å². The van der Waals surface area contributed by atoms with Gasteiger partial charge in [-0.15, -0.1) is 0 Å². The van der Waals surface area contributed by atoms with Crippen LogP contribution in [0.4, 0.5) is 0 Å². The van der Waals surface area contributed by atoms with Gasteiger partial charge >= 0.3 is 5.97 Å². The fourth-order valence-corrected chi connectivity index (χ4v) is 1.86. The van der Waals surface area contributed by atoms with Gasteiger partial charge in [0.2, 0.25) is 0 Å². The van der Waals surface area contributed by atoms with E-state index in [2.05, 4.69) is 0 Å². The van der Waals surface area contributed by atoms with E-state index in [1.165, 1.54) is 0 Å². The number of ether oxygens (including phenoxy) is 1. The number of aliphatic hydroxyl groups excluding tert-OH is 1. The third-order valence-corrected chi connectivity index (χ3v) is 2.82. The van der Waals surface area contributed by atoms with Crippen molar-refractivity contribution < 1.29 is 14.6 Å². The minimum Gasteiger partial charge on any atom is -0.456 e. The van der Waals surface area contributed by atoms with Crippen molar-refractivity contribution in [3.63, 3.8) is 0 Å². The molecule has 0 aromatic heterocycles. The van der Waals surface area contributed by atoms with Gasteiger partial charge in [0.1, 0.15) is 6.10 Å². The fraction of sp³-hybridized carbons (Fsp3) is 0.357. The van der Waals surface area contributed by atoms with Gasteiger partial charge in [0.05, 0.1) is 0 Å². The van der Waals surface area contributed by atoms with Crippen LogP contribution in [0.2, 0.25) is 0 Å². The number of hydrogen-bond acceptors (Lipinski definition) is 3. The van der Waals surface area contributed by atoms with Crippen molar-refractivity contribution in [1.29, 1.82) is 0 Å². The van der Waals surface area contributed by atoms with E-state index in [1.807, 2.05) is 18.2 Å². The Kier molecular flexibility index (Phi) is 3.94. The molecule has 0 fully saturated rings. The largest absolute Gasteiger partial charge is 0.456 e. The molecule has 0 saturated carbocycles. The summed E-state index contributed by atoms with van der Waals surface area (Å²) >= 11 is 0. The first-order chi connectivity index (χ1) is 8.27. The molecule has 2 atom stereocenters. The molecule has 0 heterocycles. The van der Waals surface area contributed by atoms with E-state index in [1.54, 1.807) is 24.3 Å².